The molecule has 2 heterocycles. The van der Waals surface area contributed by atoms with E-state index >= 15 is 0 Å². The highest BCUT2D eigenvalue weighted by molar-refractivity contribution is 6.02. The number of furan rings is 1. The van der Waals surface area contributed by atoms with Gasteiger partial charge in [-0.3, -0.25) is 4.79 Å². The average molecular weight is 431 g/mol. The average Bonchev–Trinajstić information content (AvgIpc) is 3.39. The highest BCUT2D eigenvalue weighted by Crippen LogP contribution is 2.19. The molecular formula is C25H25N3O4. The molecule has 0 aliphatic heterocycles. The van der Waals surface area contributed by atoms with E-state index in [-0.39, 0.29) is 11.4 Å². The van der Waals surface area contributed by atoms with Gasteiger partial charge in [0.2, 0.25) is 5.78 Å². The second kappa shape index (κ2) is 9.84. The lowest BCUT2D eigenvalue weighted by Gasteiger charge is -2.11. The molecule has 0 aliphatic rings. The molecule has 3 aromatic rings. The van der Waals surface area contributed by atoms with Crippen LogP contribution in [0.4, 0.5) is 5.69 Å². The number of anilines is 1. The number of nitriles is 1. The number of hydrogen-bond donors (Lipinski definition) is 0. The maximum Gasteiger partial charge on any atom is 0.349 e. The summed E-state index contributed by atoms with van der Waals surface area (Å²) >= 11 is 0. The van der Waals surface area contributed by atoms with Gasteiger partial charge in [0.25, 0.3) is 0 Å². The predicted octanol–water partition coefficient (Wildman–Crippen LogP) is 4.15. The Kier molecular flexibility index (Phi) is 6.96. The number of benzene rings is 1. The van der Waals surface area contributed by atoms with E-state index in [1.165, 1.54) is 6.08 Å². The van der Waals surface area contributed by atoms with Gasteiger partial charge in [0.05, 0.1) is 12.8 Å². The molecule has 1 aromatic carbocycles. The summed E-state index contributed by atoms with van der Waals surface area (Å²) in [6.45, 7) is 3.80. The van der Waals surface area contributed by atoms with Crippen LogP contribution < -0.4 is 4.90 Å². The van der Waals surface area contributed by atoms with Crippen LogP contribution in [0.25, 0.3) is 6.08 Å². The Labute approximate surface area is 187 Å². The lowest BCUT2D eigenvalue weighted by atomic mass is 10.1. The van der Waals surface area contributed by atoms with Gasteiger partial charge < -0.3 is 18.6 Å². The summed E-state index contributed by atoms with van der Waals surface area (Å²) in [7, 11) is 3.85. The van der Waals surface area contributed by atoms with Crippen LogP contribution in [0.1, 0.15) is 33.1 Å². The zero-order chi connectivity index (χ0) is 23.3. The summed E-state index contributed by atoms with van der Waals surface area (Å²) in [5, 5.41) is 9.36. The van der Waals surface area contributed by atoms with Gasteiger partial charge in [-0.2, -0.15) is 5.26 Å². The number of aromatic nitrogens is 1. The predicted molar refractivity (Wildman–Crippen MR) is 121 cm³/mol. The minimum Gasteiger partial charge on any atom is -0.467 e. The van der Waals surface area contributed by atoms with Crippen molar-refractivity contribution in [3.63, 3.8) is 0 Å². The molecule has 0 atom stereocenters. The minimum absolute atomic E-state index is 0.168. The molecular weight excluding hydrogens is 406 g/mol. The fourth-order valence-electron chi connectivity index (χ4n) is 3.34. The SMILES string of the molecule is Cc1cc(C(=O)COC(=O)/C(C#N)=C\c2ccc(N(C)C)cc2)c(C)n1Cc1ccco1. The number of hydrogen-bond acceptors (Lipinski definition) is 6. The van der Waals surface area contributed by atoms with E-state index in [2.05, 4.69) is 0 Å². The minimum atomic E-state index is -0.832. The quantitative estimate of drug-likeness (QED) is 0.230. The molecule has 0 bridgehead atoms. The molecule has 0 spiro atoms. The summed E-state index contributed by atoms with van der Waals surface area (Å²) < 4.78 is 12.5. The standard InChI is InChI=1S/C25H25N3O4/c1-17-12-23(18(2)28(17)15-22-6-5-11-31-22)24(29)16-32-25(30)20(14-26)13-19-7-9-21(10-8-19)27(3)4/h5-13H,15-16H2,1-4H3/b20-13-. The molecule has 0 N–H and O–H groups in total. The van der Waals surface area contributed by atoms with Crippen molar-refractivity contribution in [2.45, 2.75) is 20.4 Å². The first kappa shape index (κ1) is 22.6. The molecule has 0 radical (unpaired) electrons. The largest absolute Gasteiger partial charge is 0.467 e. The number of nitrogens with zero attached hydrogens (tertiary/aromatic N) is 3. The van der Waals surface area contributed by atoms with E-state index in [1.54, 1.807) is 24.5 Å². The van der Waals surface area contributed by atoms with Crippen molar-refractivity contribution < 1.29 is 18.7 Å². The molecule has 0 saturated carbocycles. The van der Waals surface area contributed by atoms with E-state index in [0.29, 0.717) is 17.7 Å². The van der Waals surface area contributed by atoms with Crippen LogP contribution in [0, 0.1) is 25.2 Å². The van der Waals surface area contributed by atoms with Crippen LogP contribution in [0.5, 0.6) is 0 Å². The van der Waals surface area contributed by atoms with E-state index in [0.717, 1.165) is 22.8 Å². The van der Waals surface area contributed by atoms with E-state index in [1.807, 2.05) is 67.7 Å². The van der Waals surface area contributed by atoms with Crippen molar-refractivity contribution in [1.29, 1.82) is 5.26 Å². The van der Waals surface area contributed by atoms with Crippen LogP contribution in [-0.2, 0) is 16.1 Å². The lowest BCUT2D eigenvalue weighted by molar-refractivity contribution is -0.137. The molecule has 0 aliphatic carbocycles. The van der Waals surface area contributed by atoms with E-state index in [4.69, 9.17) is 9.15 Å². The van der Waals surface area contributed by atoms with Crippen molar-refractivity contribution in [2.75, 3.05) is 25.6 Å². The maximum atomic E-state index is 12.7. The number of ether oxygens (including phenoxy) is 1. The van der Waals surface area contributed by atoms with Gasteiger partial charge >= 0.3 is 5.97 Å². The first-order valence-electron chi connectivity index (χ1n) is 10.1. The van der Waals surface area contributed by atoms with E-state index < -0.39 is 12.6 Å². The zero-order valence-electron chi connectivity index (χ0n) is 18.6. The highest BCUT2D eigenvalue weighted by Gasteiger charge is 2.19. The summed E-state index contributed by atoms with van der Waals surface area (Å²) in [6.07, 6.45) is 3.05. The number of carbonyl (C=O) groups is 2. The summed E-state index contributed by atoms with van der Waals surface area (Å²) in [6, 6.07) is 14.7. The lowest BCUT2D eigenvalue weighted by Crippen LogP contribution is -2.16. The van der Waals surface area contributed by atoms with Gasteiger partial charge in [0, 0.05) is 36.7 Å². The molecule has 32 heavy (non-hydrogen) atoms. The van der Waals surface area contributed by atoms with Gasteiger partial charge in [-0.15, -0.1) is 0 Å². The first-order valence-corrected chi connectivity index (χ1v) is 10.1. The number of esters is 1. The molecule has 0 unspecified atom stereocenters. The maximum absolute atomic E-state index is 12.7. The van der Waals surface area contributed by atoms with Gasteiger partial charge in [0.1, 0.15) is 17.4 Å². The van der Waals surface area contributed by atoms with Gasteiger partial charge in [-0.25, -0.2) is 4.79 Å². The second-order valence-corrected chi connectivity index (χ2v) is 7.61. The van der Waals surface area contributed by atoms with Crippen LogP contribution in [0.2, 0.25) is 0 Å². The number of carbonyl (C=O) groups excluding carboxylic acids is 2. The Morgan fingerprint density at radius 1 is 1.19 bits per heavy atom. The third-order valence-corrected chi connectivity index (χ3v) is 5.16. The number of aryl methyl sites for hydroxylation is 1. The molecule has 0 fully saturated rings. The summed E-state index contributed by atoms with van der Waals surface area (Å²) in [5.74, 6) is -0.383. The van der Waals surface area contributed by atoms with Gasteiger partial charge in [0.15, 0.2) is 6.61 Å². The molecule has 7 nitrogen and oxygen atoms in total. The highest BCUT2D eigenvalue weighted by atomic mass is 16.5. The zero-order valence-corrected chi connectivity index (χ0v) is 18.6. The Hall–Kier alpha value is -4.05. The van der Waals surface area contributed by atoms with Crippen molar-refractivity contribution in [1.82, 2.24) is 4.57 Å². The van der Waals surface area contributed by atoms with Gasteiger partial charge in [-0.05, 0) is 55.8 Å². The summed E-state index contributed by atoms with van der Waals surface area (Å²) in [5.41, 5.74) is 3.65. The fraction of sp³-hybridized carbons (Fsp3) is 0.240. The topological polar surface area (TPSA) is 88.5 Å². The van der Waals surface area contributed by atoms with Gasteiger partial charge in [-0.1, -0.05) is 12.1 Å². The second-order valence-electron chi connectivity index (χ2n) is 7.61. The van der Waals surface area contributed by atoms with Crippen LogP contribution in [-0.4, -0.2) is 37.0 Å². The van der Waals surface area contributed by atoms with Crippen LogP contribution >= 0.6 is 0 Å². The van der Waals surface area contributed by atoms with Crippen molar-refractivity contribution >= 4 is 23.5 Å². The number of ketones is 1. The monoisotopic (exact) mass is 431 g/mol. The number of Topliss-reactive ketones (excluding diaryl/α,β-unsaturated/α-hetero) is 1. The molecule has 2 aromatic heterocycles. The molecule has 164 valence electrons. The normalized spacial score (nSPS) is 11.2. The fourth-order valence-corrected chi connectivity index (χ4v) is 3.34. The Bertz CT molecular complexity index is 1180. The van der Waals surface area contributed by atoms with Crippen LogP contribution in [0.15, 0.2) is 58.7 Å². The Morgan fingerprint density at radius 3 is 2.50 bits per heavy atom. The summed E-state index contributed by atoms with van der Waals surface area (Å²) in [4.78, 5) is 27.0. The molecule has 3 rings (SSSR count). The smallest absolute Gasteiger partial charge is 0.349 e. The van der Waals surface area contributed by atoms with Crippen molar-refractivity contribution in [3.8, 4) is 6.07 Å². The molecule has 7 heteroatoms. The van der Waals surface area contributed by atoms with Crippen molar-refractivity contribution in [2.24, 2.45) is 0 Å². The number of rotatable bonds is 8. The van der Waals surface area contributed by atoms with Crippen LogP contribution in [0.3, 0.4) is 0 Å². The van der Waals surface area contributed by atoms with E-state index in [9.17, 15) is 14.9 Å². The van der Waals surface area contributed by atoms with Crippen molar-refractivity contribution in [3.05, 3.63) is 82.6 Å². The Morgan fingerprint density at radius 2 is 1.91 bits per heavy atom. The third-order valence-electron chi connectivity index (χ3n) is 5.16. The Balaban J connectivity index is 1.67. The third kappa shape index (κ3) is 5.16. The molecule has 0 amide bonds. The molecule has 0 saturated heterocycles. The first-order chi connectivity index (χ1) is 15.3.